The number of nitrogens with one attached hydrogen (secondary N) is 1. The van der Waals surface area contributed by atoms with Crippen molar-refractivity contribution < 1.29 is 14.3 Å². The number of rotatable bonds is 7. The Kier molecular flexibility index (Phi) is 5.78. The highest BCUT2D eigenvalue weighted by Crippen LogP contribution is 2.18. The number of hydrogen-bond acceptors (Lipinski definition) is 3. The highest BCUT2D eigenvalue weighted by Gasteiger charge is 2.23. The van der Waals surface area contributed by atoms with E-state index in [4.69, 9.17) is 4.42 Å². The molecule has 4 nitrogen and oxygen atoms in total. The van der Waals surface area contributed by atoms with E-state index in [0.717, 1.165) is 5.56 Å². The van der Waals surface area contributed by atoms with Crippen LogP contribution in [0.5, 0.6) is 0 Å². The smallest absolute Gasteiger partial charge is 0.223 e. The number of benzene rings is 1. The van der Waals surface area contributed by atoms with Crippen LogP contribution in [-0.2, 0) is 11.2 Å². The summed E-state index contributed by atoms with van der Waals surface area (Å²) in [4.78, 5) is 12.4. The van der Waals surface area contributed by atoms with Crippen LogP contribution in [0.15, 0.2) is 53.1 Å². The first-order valence-corrected chi connectivity index (χ1v) is 7.61. The molecule has 0 aliphatic heterocycles. The van der Waals surface area contributed by atoms with Crippen LogP contribution in [0.4, 0.5) is 0 Å². The van der Waals surface area contributed by atoms with Gasteiger partial charge in [-0.25, -0.2) is 0 Å². The molecule has 0 saturated carbocycles. The number of carbonyl (C=O) groups excluding carboxylic acids is 1. The Bertz CT molecular complexity index is 563. The molecule has 1 aromatic carbocycles. The van der Waals surface area contributed by atoms with E-state index >= 15 is 0 Å². The maximum atomic E-state index is 12.4. The number of carbonyl (C=O) groups is 1. The molecular weight excluding hydrogens is 278 g/mol. The first-order chi connectivity index (χ1) is 10.6. The lowest BCUT2D eigenvalue weighted by Crippen LogP contribution is -2.37. The second kappa shape index (κ2) is 7.80. The number of furan rings is 1. The minimum atomic E-state index is -0.816. The van der Waals surface area contributed by atoms with E-state index in [9.17, 15) is 9.90 Å². The van der Waals surface area contributed by atoms with Crippen LogP contribution in [-0.4, -0.2) is 17.6 Å². The van der Waals surface area contributed by atoms with Gasteiger partial charge in [0.1, 0.15) is 11.9 Å². The van der Waals surface area contributed by atoms with Crippen LogP contribution < -0.4 is 5.32 Å². The van der Waals surface area contributed by atoms with Crippen molar-refractivity contribution in [3.05, 3.63) is 60.1 Å². The number of aliphatic hydroxyl groups is 1. The van der Waals surface area contributed by atoms with Crippen molar-refractivity contribution in [2.75, 3.05) is 6.54 Å². The standard InChI is InChI=1S/C18H23NO3/c1-13(2)15(11-14-7-4-3-5-8-14)18(21)19-12-16(20)17-9-6-10-22-17/h3-10,13,15-16,20H,11-12H2,1-2H3,(H,19,21). The van der Waals surface area contributed by atoms with Crippen molar-refractivity contribution in [1.29, 1.82) is 0 Å². The molecule has 0 saturated heterocycles. The molecule has 0 spiro atoms. The van der Waals surface area contributed by atoms with Gasteiger partial charge in [-0.3, -0.25) is 4.79 Å². The van der Waals surface area contributed by atoms with Crippen LogP contribution in [0, 0.1) is 11.8 Å². The monoisotopic (exact) mass is 301 g/mol. The topological polar surface area (TPSA) is 62.5 Å². The summed E-state index contributed by atoms with van der Waals surface area (Å²) in [6.45, 7) is 4.23. The fraction of sp³-hybridized carbons (Fsp3) is 0.389. The van der Waals surface area contributed by atoms with Gasteiger partial charge in [0.25, 0.3) is 0 Å². The van der Waals surface area contributed by atoms with E-state index in [-0.39, 0.29) is 24.3 Å². The minimum absolute atomic E-state index is 0.0375. The van der Waals surface area contributed by atoms with E-state index in [1.807, 2.05) is 44.2 Å². The third kappa shape index (κ3) is 4.46. The molecule has 0 radical (unpaired) electrons. The Hall–Kier alpha value is -2.07. The Labute approximate surface area is 131 Å². The average molecular weight is 301 g/mol. The minimum Gasteiger partial charge on any atom is -0.467 e. The van der Waals surface area contributed by atoms with Crippen molar-refractivity contribution in [1.82, 2.24) is 5.32 Å². The van der Waals surface area contributed by atoms with Gasteiger partial charge < -0.3 is 14.8 Å². The highest BCUT2D eigenvalue weighted by atomic mass is 16.4. The number of hydrogen-bond donors (Lipinski definition) is 2. The summed E-state index contributed by atoms with van der Waals surface area (Å²) in [7, 11) is 0. The Morgan fingerprint density at radius 2 is 1.91 bits per heavy atom. The third-order valence-corrected chi connectivity index (χ3v) is 3.78. The van der Waals surface area contributed by atoms with Crippen LogP contribution in [0.3, 0.4) is 0 Å². The number of amides is 1. The zero-order valence-electron chi connectivity index (χ0n) is 13.0. The fourth-order valence-electron chi connectivity index (χ4n) is 2.41. The van der Waals surface area contributed by atoms with Gasteiger partial charge in [-0.1, -0.05) is 44.2 Å². The lowest BCUT2D eigenvalue weighted by atomic mass is 9.88. The molecule has 0 bridgehead atoms. The first kappa shape index (κ1) is 16.3. The summed E-state index contributed by atoms with van der Waals surface area (Å²) in [6.07, 6.45) is 1.39. The first-order valence-electron chi connectivity index (χ1n) is 7.61. The van der Waals surface area contributed by atoms with Crippen LogP contribution in [0.2, 0.25) is 0 Å². The van der Waals surface area contributed by atoms with Gasteiger partial charge in [0, 0.05) is 5.92 Å². The van der Waals surface area contributed by atoms with Gasteiger partial charge in [-0.2, -0.15) is 0 Å². The van der Waals surface area contributed by atoms with Crippen molar-refractivity contribution in [2.24, 2.45) is 11.8 Å². The van der Waals surface area contributed by atoms with E-state index < -0.39 is 6.10 Å². The zero-order valence-corrected chi connectivity index (χ0v) is 13.0. The van der Waals surface area contributed by atoms with Crippen molar-refractivity contribution in [3.63, 3.8) is 0 Å². The predicted octanol–water partition coefficient (Wildman–Crippen LogP) is 2.94. The van der Waals surface area contributed by atoms with E-state index in [1.54, 1.807) is 12.1 Å². The maximum Gasteiger partial charge on any atom is 0.223 e. The van der Waals surface area contributed by atoms with E-state index in [2.05, 4.69) is 5.32 Å². The molecule has 118 valence electrons. The summed E-state index contributed by atoms with van der Waals surface area (Å²) in [5.41, 5.74) is 1.14. The Morgan fingerprint density at radius 3 is 2.50 bits per heavy atom. The summed E-state index contributed by atoms with van der Waals surface area (Å²) in [6, 6.07) is 13.4. The SMILES string of the molecule is CC(C)C(Cc1ccccc1)C(=O)NCC(O)c1ccco1. The van der Waals surface area contributed by atoms with Gasteiger partial charge in [-0.05, 0) is 30.0 Å². The van der Waals surface area contributed by atoms with Crippen LogP contribution in [0.1, 0.15) is 31.3 Å². The normalized spacial score (nSPS) is 13.8. The maximum absolute atomic E-state index is 12.4. The second-order valence-corrected chi connectivity index (χ2v) is 5.82. The van der Waals surface area contributed by atoms with Crippen LogP contribution >= 0.6 is 0 Å². The highest BCUT2D eigenvalue weighted by molar-refractivity contribution is 5.79. The molecule has 2 atom stereocenters. The van der Waals surface area contributed by atoms with Gasteiger partial charge in [0.2, 0.25) is 5.91 Å². The average Bonchev–Trinajstić information content (AvgIpc) is 3.05. The quantitative estimate of drug-likeness (QED) is 0.826. The fourth-order valence-corrected chi connectivity index (χ4v) is 2.41. The molecule has 1 amide bonds. The largest absolute Gasteiger partial charge is 0.467 e. The molecule has 2 rings (SSSR count). The molecule has 2 unspecified atom stereocenters. The van der Waals surface area contributed by atoms with Gasteiger partial charge in [-0.15, -0.1) is 0 Å². The Morgan fingerprint density at radius 1 is 1.18 bits per heavy atom. The van der Waals surface area contributed by atoms with E-state index in [1.165, 1.54) is 6.26 Å². The molecule has 1 aromatic heterocycles. The van der Waals surface area contributed by atoms with Crippen molar-refractivity contribution in [2.45, 2.75) is 26.4 Å². The molecule has 4 heteroatoms. The van der Waals surface area contributed by atoms with Crippen LogP contribution in [0.25, 0.3) is 0 Å². The summed E-state index contributed by atoms with van der Waals surface area (Å²) >= 11 is 0. The lowest BCUT2D eigenvalue weighted by Gasteiger charge is -2.21. The van der Waals surface area contributed by atoms with Gasteiger partial charge in [0.05, 0.1) is 12.8 Å². The molecule has 22 heavy (non-hydrogen) atoms. The molecular formula is C18H23NO3. The summed E-state index contributed by atoms with van der Waals surface area (Å²) < 4.78 is 5.13. The molecule has 2 N–H and O–H groups in total. The molecule has 1 heterocycles. The second-order valence-electron chi connectivity index (χ2n) is 5.82. The third-order valence-electron chi connectivity index (χ3n) is 3.78. The van der Waals surface area contributed by atoms with Gasteiger partial charge >= 0.3 is 0 Å². The Balaban J connectivity index is 1.92. The summed E-state index contributed by atoms with van der Waals surface area (Å²) in [5, 5.41) is 12.8. The molecule has 2 aromatic rings. The zero-order chi connectivity index (χ0) is 15.9. The predicted molar refractivity (Wildman–Crippen MR) is 85.2 cm³/mol. The molecule has 0 fully saturated rings. The van der Waals surface area contributed by atoms with Gasteiger partial charge in [0.15, 0.2) is 0 Å². The van der Waals surface area contributed by atoms with E-state index in [0.29, 0.717) is 12.2 Å². The summed E-state index contributed by atoms with van der Waals surface area (Å²) in [5.74, 6) is 0.529. The van der Waals surface area contributed by atoms with Crippen molar-refractivity contribution in [3.8, 4) is 0 Å². The lowest BCUT2D eigenvalue weighted by molar-refractivity contribution is -0.126. The molecule has 0 aliphatic rings. The molecule has 0 aliphatic carbocycles. The van der Waals surface area contributed by atoms with Crippen molar-refractivity contribution >= 4 is 5.91 Å². The number of aliphatic hydroxyl groups excluding tert-OH is 1.